The minimum Gasteiger partial charge on any atom is -0.480 e. The first-order valence-corrected chi connectivity index (χ1v) is 8.10. The number of hydrogen-bond acceptors (Lipinski definition) is 4. The van der Waals surface area contributed by atoms with Gasteiger partial charge in [-0.1, -0.05) is 13.8 Å². The lowest BCUT2D eigenvalue weighted by atomic mass is 9.97. The molecule has 2 rings (SSSR count). The number of carboxylic acid groups (broad SMARTS) is 1. The Kier molecular flexibility index (Phi) is 4.80. The highest BCUT2D eigenvalue weighted by Gasteiger charge is 2.43. The van der Waals surface area contributed by atoms with Crippen LogP contribution in [0.1, 0.15) is 26.7 Å². The lowest BCUT2D eigenvalue weighted by molar-refractivity contribution is -0.141. The van der Waals surface area contributed by atoms with E-state index in [2.05, 4.69) is 0 Å². The first-order chi connectivity index (χ1) is 9.45. The van der Waals surface area contributed by atoms with E-state index in [1.807, 2.05) is 13.8 Å². The monoisotopic (exact) mass is 302 g/mol. The third kappa shape index (κ3) is 2.88. The third-order valence-corrected chi connectivity index (χ3v) is 5.53. The molecule has 0 spiro atoms. The molecule has 2 saturated heterocycles. The second kappa shape index (κ2) is 6.22. The van der Waals surface area contributed by atoms with Crippen LogP contribution >= 0.6 is 11.8 Å². The molecule has 6 nitrogen and oxygen atoms in total. The number of nitrogens with zero attached hydrogens (tertiary/aromatic N) is 2. The van der Waals surface area contributed by atoms with Crippen LogP contribution in [0.4, 0.5) is 4.79 Å². The zero-order valence-corrected chi connectivity index (χ0v) is 12.7. The SMILES string of the molecule is CCC1SCC(C(=O)O)N1C(=O)N1CCC(O)C(C)C1. The third-order valence-electron chi connectivity index (χ3n) is 4.08. The molecule has 7 heteroatoms. The van der Waals surface area contributed by atoms with Gasteiger partial charge in [0.2, 0.25) is 0 Å². The maximum atomic E-state index is 12.6. The zero-order valence-electron chi connectivity index (χ0n) is 11.9. The van der Waals surface area contributed by atoms with Gasteiger partial charge in [-0.25, -0.2) is 9.59 Å². The minimum absolute atomic E-state index is 0.0336. The van der Waals surface area contributed by atoms with Gasteiger partial charge in [-0.3, -0.25) is 4.90 Å². The fourth-order valence-electron chi connectivity index (χ4n) is 2.80. The average Bonchev–Trinajstić information content (AvgIpc) is 2.85. The van der Waals surface area contributed by atoms with E-state index in [1.165, 1.54) is 16.7 Å². The number of urea groups is 1. The van der Waals surface area contributed by atoms with Gasteiger partial charge in [0.25, 0.3) is 0 Å². The van der Waals surface area contributed by atoms with Crippen molar-refractivity contribution >= 4 is 23.8 Å². The number of carbonyl (C=O) groups excluding carboxylic acids is 1. The zero-order chi connectivity index (χ0) is 14.9. The second-order valence-electron chi connectivity index (χ2n) is 5.52. The summed E-state index contributed by atoms with van der Waals surface area (Å²) in [6, 6.07) is -0.937. The van der Waals surface area contributed by atoms with Gasteiger partial charge < -0.3 is 15.1 Å². The molecule has 0 bridgehead atoms. The molecule has 2 aliphatic heterocycles. The van der Waals surface area contributed by atoms with Gasteiger partial charge in [0.15, 0.2) is 0 Å². The van der Waals surface area contributed by atoms with Gasteiger partial charge in [-0.15, -0.1) is 11.8 Å². The molecule has 114 valence electrons. The molecule has 4 unspecified atom stereocenters. The Balaban J connectivity index is 2.11. The largest absolute Gasteiger partial charge is 0.480 e. The molecule has 2 aliphatic rings. The number of amides is 2. The van der Waals surface area contributed by atoms with Crippen molar-refractivity contribution < 1.29 is 19.8 Å². The predicted molar refractivity (Wildman–Crippen MR) is 76.6 cm³/mol. The first kappa shape index (κ1) is 15.4. The Bertz CT molecular complexity index is 393. The number of carbonyl (C=O) groups is 2. The predicted octanol–water partition coefficient (Wildman–Crippen LogP) is 1.05. The Hall–Kier alpha value is -0.950. The molecule has 20 heavy (non-hydrogen) atoms. The maximum Gasteiger partial charge on any atom is 0.327 e. The number of aliphatic hydroxyl groups excluding tert-OH is 1. The summed E-state index contributed by atoms with van der Waals surface area (Å²) in [6.45, 7) is 4.86. The highest BCUT2D eigenvalue weighted by molar-refractivity contribution is 8.00. The number of thioether (sulfide) groups is 1. The second-order valence-corrected chi connectivity index (χ2v) is 6.73. The normalized spacial score (nSPS) is 34.4. The fraction of sp³-hybridized carbons (Fsp3) is 0.846. The summed E-state index contributed by atoms with van der Waals surface area (Å²) in [7, 11) is 0. The summed E-state index contributed by atoms with van der Waals surface area (Å²) >= 11 is 1.53. The van der Waals surface area contributed by atoms with Crippen molar-refractivity contribution in [2.24, 2.45) is 5.92 Å². The van der Waals surface area contributed by atoms with E-state index >= 15 is 0 Å². The Labute approximate surface area is 123 Å². The molecule has 0 saturated carbocycles. The summed E-state index contributed by atoms with van der Waals surface area (Å²) in [6.07, 6.45) is 0.929. The van der Waals surface area contributed by atoms with Gasteiger partial charge in [0.05, 0.1) is 11.5 Å². The van der Waals surface area contributed by atoms with Crippen LogP contribution in [-0.4, -0.2) is 68.4 Å². The Morgan fingerprint density at radius 1 is 1.40 bits per heavy atom. The smallest absolute Gasteiger partial charge is 0.327 e. The summed E-state index contributed by atoms with van der Waals surface area (Å²) in [5, 5.41) is 18.9. The van der Waals surface area contributed by atoms with Crippen molar-refractivity contribution in [1.82, 2.24) is 9.80 Å². The molecule has 0 aliphatic carbocycles. The number of rotatable bonds is 2. The highest BCUT2D eigenvalue weighted by atomic mass is 32.2. The van der Waals surface area contributed by atoms with E-state index in [-0.39, 0.29) is 23.4 Å². The van der Waals surface area contributed by atoms with E-state index < -0.39 is 12.0 Å². The molecular formula is C13H22N2O4S. The number of carboxylic acids is 1. The van der Waals surface area contributed by atoms with E-state index in [0.717, 1.165) is 6.42 Å². The fourth-order valence-corrected chi connectivity index (χ4v) is 4.14. The highest BCUT2D eigenvalue weighted by Crippen LogP contribution is 2.33. The van der Waals surface area contributed by atoms with Gasteiger partial charge in [-0.05, 0) is 18.8 Å². The number of aliphatic hydroxyl groups is 1. The van der Waals surface area contributed by atoms with Crippen molar-refractivity contribution in [1.29, 1.82) is 0 Å². The van der Waals surface area contributed by atoms with Crippen LogP contribution in [-0.2, 0) is 4.79 Å². The molecule has 0 radical (unpaired) electrons. The standard InChI is InChI=1S/C13H22N2O4S/c1-3-11-15(9(7-20-11)12(17)18)13(19)14-5-4-10(16)8(2)6-14/h8-11,16H,3-7H2,1-2H3,(H,17,18). The molecule has 0 aromatic carbocycles. The van der Waals surface area contributed by atoms with Crippen LogP contribution in [0.15, 0.2) is 0 Å². The summed E-state index contributed by atoms with van der Waals surface area (Å²) < 4.78 is 0. The Morgan fingerprint density at radius 2 is 2.10 bits per heavy atom. The first-order valence-electron chi connectivity index (χ1n) is 7.05. The van der Waals surface area contributed by atoms with Crippen molar-refractivity contribution in [3.8, 4) is 0 Å². The molecule has 0 aromatic rings. The molecular weight excluding hydrogens is 280 g/mol. The maximum absolute atomic E-state index is 12.6. The number of hydrogen-bond donors (Lipinski definition) is 2. The summed E-state index contributed by atoms with van der Waals surface area (Å²) in [4.78, 5) is 27.1. The van der Waals surface area contributed by atoms with Crippen LogP contribution in [0, 0.1) is 5.92 Å². The quantitative estimate of drug-likeness (QED) is 0.797. The lowest BCUT2D eigenvalue weighted by Crippen LogP contribution is -2.55. The van der Waals surface area contributed by atoms with Crippen molar-refractivity contribution in [2.45, 2.75) is 44.2 Å². The van der Waals surface area contributed by atoms with Gasteiger partial charge in [-0.2, -0.15) is 0 Å². The lowest BCUT2D eigenvalue weighted by Gasteiger charge is -2.38. The van der Waals surface area contributed by atoms with Crippen LogP contribution in [0.2, 0.25) is 0 Å². The number of aliphatic carboxylic acids is 1. The van der Waals surface area contributed by atoms with Crippen LogP contribution < -0.4 is 0 Å². The molecule has 4 atom stereocenters. The summed E-state index contributed by atoms with van der Waals surface area (Å²) in [5.74, 6) is -0.454. The average molecular weight is 302 g/mol. The number of piperidine rings is 1. The van der Waals surface area contributed by atoms with E-state index in [0.29, 0.717) is 25.3 Å². The van der Waals surface area contributed by atoms with Gasteiger partial charge in [0.1, 0.15) is 6.04 Å². The molecule has 0 aromatic heterocycles. The molecule has 2 N–H and O–H groups in total. The van der Waals surface area contributed by atoms with Crippen molar-refractivity contribution in [3.05, 3.63) is 0 Å². The molecule has 2 fully saturated rings. The summed E-state index contributed by atoms with van der Waals surface area (Å²) in [5.41, 5.74) is 0. The van der Waals surface area contributed by atoms with Crippen molar-refractivity contribution in [3.63, 3.8) is 0 Å². The molecule has 2 amide bonds. The van der Waals surface area contributed by atoms with Crippen molar-refractivity contribution in [2.75, 3.05) is 18.8 Å². The van der Waals surface area contributed by atoms with Crippen LogP contribution in [0.5, 0.6) is 0 Å². The van der Waals surface area contributed by atoms with Crippen LogP contribution in [0.25, 0.3) is 0 Å². The van der Waals surface area contributed by atoms with Crippen LogP contribution in [0.3, 0.4) is 0 Å². The van der Waals surface area contributed by atoms with E-state index in [4.69, 9.17) is 0 Å². The molecule has 2 heterocycles. The van der Waals surface area contributed by atoms with E-state index in [1.54, 1.807) is 4.90 Å². The topological polar surface area (TPSA) is 81.1 Å². The Morgan fingerprint density at radius 3 is 2.65 bits per heavy atom. The minimum atomic E-state index is -0.938. The van der Waals surface area contributed by atoms with E-state index in [9.17, 15) is 19.8 Å². The number of likely N-dealkylation sites (tertiary alicyclic amines) is 1. The van der Waals surface area contributed by atoms with Gasteiger partial charge in [0, 0.05) is 18.8 Å². The van der Waals surface area contributed by atoms with Gasteiger partial charge >= 0.3 is 12.0 Å².